The summed E-state index contributed by atoms with van der Waals surface area (Å²) in [4.78, 5) is 13.5. The number of rotatable bonds is 4. The smallest absolute Gasteiger partial charge is 0.250 e. The number of hydrogen-bond donors (Lipinski definition) is 2. The summed E-state index contributed by atoms with van der Waals surface area (Å²) in [6, 6.07) is -0.144. The van der Waals surface area contributed by atoms with E-state index in [1.807, 2.05) is 6.92 Å². The fourth-order valence-corrected chi connectivity index (χ4v) is 2.11. The van der Waals surface area contributed by atoms with Crippen LogP contribution in [0.3, 0.4) is 0 Å². The highest BCUT2D eigenvalue weighted by molar-refractivity contribution is 5.80. The first-order chi connectivity index (χ1) is 7.19. The maximum Gasteiger partial charge on any atom is 0.250 e. The van der Waals surface area contributed by atoms with Gasteiger partial charge in [0.2, 0.25) is 0 Å². The second kappa shape index (κ2) is 6.05. The molecule has 2 unspecified atom stereocenters. The Morgan fingerprint density at radius 1 is 1.73 bits per heavy atom. The fourth-order valence-electron chi connectivity index (χ4n) is 2.11. The first kappa shape index (κ1) is 12.4. The molecule has 0 saturated carbocycles. The summed E-state index contributed by atoms with van der Waals surface area (Å²) < 4.78 is 5.14. The minimum atomic E-state index is -0.144. The Bertz CT molecular complexity index is 209. The minimum absolute atomic E-state index is 0.118. The van der Waals surface area contributed by atoms with E-state index in [2.05, 4.69) is 10.3 Å². The van der Waals surface area contributed by atoms with Crippen LogP contribution < -0.4 is 11.3 Å². The van der Waals surface area contributed by atoms with E-state index in [-0.39, 0.29) is 11.9 Å². The van der Waals surface area contributed by atoms with E-state index in [9.17, 15) is 4.79 Å². The lowest BCUT2D eigenvalue weighted by Gasteiger charge is -2.35. The van der Waals surface area contributed by atoms with Crippen LogP contribution in [0.5, 0.6) is 0 Å². The molecule has 1 fully saturated rings. The summed E-state index contributed by atoms with van der Waals surface area (Å²) >= 11 is 0. The van der Waals surface area contributed by atoms with E-state index in [1.54, 1.807) is 7.11 Å². The molecule has 0 radical (unpaired) electrons. The van der Waals surface area contributed by atoms with Gasteiger partial charge in [-0.2, -0.15) is 0 Å². The molecule has 3 N–H and O–H groups in total. The fraction of sp³-hybridized carbons (Fsp3) is 0.900. The molecule has 1 aliphatic rings. The number of methoxy groups -OCH3 is 1. The predicted molar refractivity (Wildman–Crippen MR) is 58.0 cm³/mol. The lowest BCUT2D eigenvalue weighted by atomic mass is 9.97. The van der Waals surface area contributed by atoms with Crippen LogP contribution in [0.1, 0.15) is 19.8 Å². The van der Waals surface area contributed by atoms with E-state index in [0.29, 0.717) is 5.92 Å². The Labute approximate surface area is 90.9 Å². The molecule has 5 heteroatoms. The summed E-state index contributed by atoms with van der Waals surface area (Å²) in [7, 11) is 1.72. The lowest BCUT2D eigenvalue weighted by molar-refractivity contribution is -0.126. The number of carbonyl (C=O) groups excluding carboxylic acids is 1. The number of likely N-dealkylation sites (tertiary alicyclic amines) is 1. The average Bonchev–Trinajstić information content (AvgIpc) is 2.28. The Morgan fingerprint density at radius 2 is 2.47 bits per heavy atom. The van der Waals surface area contributed by atoms with Crippen molar-refractivity contribution in [3.8, 4) is 0 Å². The van der Waals surface area contributed by atoms with Crippen molar-refractivity contribution >= 4 is 5.91 Å². The molecule has 15 heavy (non-hydrogen) atoms. The van der Waals surface area contributed by atoms with E-state index in [1.165, 1.54) is 6.42 Å². The van der Waals surface area contributed by atoms with Crippen LogP contribution in [-0.2, 0) is 9.53 Å². The van der Waals surface area contributed by atoms with E-state index in [0.717, 1.165) is 26.1 Å². The summed E-state index contributed by atoms with van der Waals surface area (Å²) in [5.74, 6) is 5.54. The van der Waals surface area contributed by atoms with Crippen LogP contribution in [0, 0.1) is 5.92 Å². The maximum atomic E-state index is 11.4. The van der Waals surface area contributed by atoms with Gasteiger partial charge in [-0.25, -0.2) is 5.84 Å². The molecular weight excluding hydrogens is 194 g/mol. The lowest BCUT2D eigenvalue weighted by Crippen LogP contribution is -2.51. The van der Waals surface area contributed by atoms with Gasteiger partial charge in [0.15, 0.2) is 0 Å². The maximum absolute atomic E-state index is 11.4. The van der Waals surface area contributed by atoms with Crippen LogP contribution >= 0.6 is 0 Å². The topological polar surface area (TPSA) is 67.6 Å². The highest BCUT2D eigenvalue weighted by atomic mass is 16.5. The number of piperidine rings is 1. The number of hydrogen-bond acceptors (Lipinski definition) is 4. The van der Waals surface area contributed by atoms with E-state index < -0.39 is 0 Å². The Morgan fingerprint density at radius 3 is 3.07 bits per heavy atom. The van der Waals surface area contributed by atoms with Crippen LogP contribution in [0.15, 0.2) is 0 Å². The quantitative estimate of drug-likeness (QED) is 0.384. The highest BCUT2D eigenvalue weighted by Gasteiger charge is 2.26. The van der Waals surface area contributed by atoms with Crippen LogP contribution in [0.25, 0.3) is 0 Å². The first-order valence-corrected chi connectivity index (χ1v) is 5.42. The standard InChI is InChI=1S/C10H21N3O2/c1-8(10(14)12-11)13-5-3-4-9(6-13)7-15-2/h8-9H,3-7,11H2,1-2H3,(H,12,14). The number of ether oxygens (including phenoxy) is 1. The van der Waals surface area contributed by atoms with Gasteiger partial charge < -0.3 is 4.74 Å². The number of nitrogens with one attached hydrogen (secondary N) is 1. The van der Waals surface area contributed by atoms with Gasteiger partial charge in [-0.15, -0.1) is 0 Å². The van der Waals surface area contributed by atoms with Crippen molar-refractivity contribution < 1.29 is 9.53 Å². The molecule has 0 aliphatic carbocycles. The van der Waals surface area contributed by atoms with Crippen LogP contribution in [-0.4, -0.2) is 43.7 Å². The molecule has 0 bridgehead atoms. The van der Waals surface area contributed by atoms with Crippen molar-refractivity contribution in [1.29, 1.82) is 0 Å². The van der Waals surface area contributed by atoms with Crippen molar-refractivity contribution in [2.24, 2.45) is 11.8 Å². The molecule has 0 aromatic carbocycles. The first-order valence-electron chi connectivity index (χ1n) is 5.42. The van der Waals surface area contributed by atoms with Gasteiger partial charge in [-0.05, 0) is 32.2 Å². The van der Waals surface area contributed by atoms with Crippen LogP contribution in [0.2, 0.25) is 0 Å². The molecule has 1 amide bonds. The second-order valence-corrected chi connectivity index (χ2v) is 4.14. The SMILES string of the molecule is COCC1CCCN(C(C)C(=O)NN)C1. The van der Waals surface area contributed by atoms with Gasteiger partial charge in [-0.1, -0.05) is 0 Å². The normalized spacial score (nSPS) is 24.9. The zero-order valence-electron chi connectivity index (χ0n) is 9.53. The molecule has 0 aromatic rings. The van der Waals surface area contributed by atoms with Gasteiger partial charge in [0.05, 0.1) is 12.6 Å². The summed E-state index contributed by atoms with van der Waals surface area (Å²) in [6.07, 6.45) is 2.30. The summed E-state index contributed by atoms with van der Waals surface area (Å²) in [6.45, 7) is 4.54. The van der Waals surface area contributed by atoms with Crippen molar-refractivity contribution in [2.45, 2.75) is 25.8 Å². The minimum Gasteiger partial charge on any atom is -0.384 e. The monoisotopic (exact) mass is 215 g/mol. The van der Waals surface area contributed by atoms with Crippen molar-refractivity contribution in [3.63, 3.8) is 0 Å². The largest absolute Gasteiger partial charge is 0.384 e. The number of carbonyl (C=O) groups is 1. The molecular formula is C10H21N3O2. The zero-order chi connectivity index (χ0) is 11.3. The second-order valence-electron chi connectivity index (χ2n) is 4.14. The molecule has 0 aromatic heterocycles. The number of amides is 1. The molecule has 1 saturated heterocycles. The third-order valence-corrected chi connectivity index (χ3v) is 3.02. The van der Waals surface area contributed by atoms with Crippen molar-refractivity contribution in [3.05, 3.63) is 0 Å². The molecule has 1 aliphatic heterocycles. The average molecular weight is 215 g/mol. The van der Waals surface area contributed by atoms with E-state index >= 15 is 0 Å². The number of nitrogens with zero attached hydrogens (tertiary/aromatic N) is 1. The highest BCUT2D eigenvalue weighted by Crippen LogP contribution is 2.18. The molecule has 0 spiro atoms. The zero-order valence-corrected chi connectivity index (χ0v) is 9.53. The molecule has 5 nitrogen and oxygen atoms in total. The summed E-state index contributed by atoms with van der Waals surface area (Å²) in [5.41, 5.74) is 2.20. The molecule has 1 rings (SSSR count). The molecule has 88 valence electrons. The van der Waals surface area contributed by atoms with E-state index in [4.69, 9.17) is 10.6 Å². The van der Waals surface area contributed by atoms with Gasteiger partial charge in [0.25, 0.3) is 5.91 Å². The number of nitrogens with two attached hydrogens (primary N) is 1. The Balaban J connectivity index is 2.44. The van der Waals surface area contributed by atoms with Gasteiger partial charge in [0, 0.05) is 13.7 Å². The third-order valence-electron chi connectivity index (χ3n) is 3.02. The Kier molecular flexibility index (Phi) is 5.01. The summed E-state index contributed by atoms with van der Waals surface area (Å²) in [5, 5.41) is 0. The number of hydrazine groups is 1. The van der Waals surface area contributed by atoms with Crippen LogP contribution in [0.4, 0.5) is 0 Å². The predicted octanol–water partition coefficient (Wildman–Crippen LogP) is -0.277. The van der Waals surface area contributed by atoms with Crippen molar-refractivity contribution in [2.75, 3.05) is 26.8 Å². The van der Waals surface area contributed by atoms with Crippen molar-refractivity contribution in [1.82, 2.24) is 10.3 Å². The Hall–Kier alpha value is -0.650. The molecule has 2 atom stereocenters. The van der Waals surface area contributed by atoms with Gasteiger partial charge >= 0.3 is 0 Å². The van der Waals surface area contributed by atoms with Gasteiger partial charge in [0.1, 0.15) is 0 Å². The van der Waals surface area contributed by atoms with Gasteiger partial charge in [-0.3, -0.25) is 15.1 Å². The molecule has 1 heterocycles. The third kappa shape index (κ3) is 3.44.